The summed E-state index contributed by atoms with van der Waals surface area (Å²) in [6, 6.07) is 12.9. The largest absolute Gasteiger partial charge is 0.480 e. The number of rotatable bonds is 11. The summed E-state index contributed by atoms with van der Waals surface area (Å²) in [5.74, 6) is -3.59. The first-order chi connectivity index (χ1) is 18.5. The van der Waals surface area contributed by atoms with Crippen LogP contribution in [0.2, 0.25) is 0 Å². The van der Waals surface area contributed by atoms with Gasteiger partial charge in [-0.05, 0) is 42.0 Å². The third kappa shape index (κ3) is 7.34. The van der Waals surface area contributed by atoms with Crippen LogP contribution in [0.3, 0.4) is 0 Å². The Morgan fingerprint density at radius 1 is 0.769 bits per heavy atom. The van der Waals surface area contributed by atoms with Gasteiger partial charge < -0.3 is 31.1 Å². The molecule has 0 aromatic heterocycles. The number of amides is 4. The van der Waals surface area contributed by atoms with Gasteiger partial charge in [0, 0.05) is 5.92 Å². The Balaban J connectivity index is 1.53. The van der Waals surface area contributed by atoms with Gasteiger partial charge in [0.25, 0.3) is 0 Å². The molecule has 3 atom stereocenters. The van der Waals surface area contributed by atoms with Gasteiger partial charge in [-0.1, -0.05) is 62.4 Å². The molecule has 1 aliphatic carbocycles. The number of alkyl carbamates (subject to hydrolysis) is 1. The average molecular weight is 539 g/mol. The lowest BCUT2D eigenvalue weighted by Crippen LogP contribution is -2.57. The first-order valence-corrected chi connectivity index (χ1v) is 12.7. The predicted octanol–water partition coefficient (Wildman–Crippen LogP) is 1.76. The Morgan fingerprint density at radius 3 is 1.85 bits per heavy atom. The summed E-state index contributed by atoms with van der Waals surface area (Å²) in [7, 11) is 0. The number of ether oxygens (including phenoxy) is 1. The number of carbonyl (C=O) groups is 5. The van der Waals surface area contributed by atoms with Crippen LogP contribution in [-0.2, 0) is 23.9 Å². The fourth-order valence-electron chi connectivity index (χ4n) is 4.38. The number of benzene rings is 2. The molecule has 0 heterocycles. The van der Waals surface area contributed by atoms with Crippen molar-refractivity contribution in [3.8, 4) is 11.1 Å². The number of carboxylic acids is 1. The zero-order chi connectivity index (χ0) is 28.7. The number of hydrogen-bond acceptors (Lipinski definition) is 6. The Hall–Kier alpha value is -4.41. The molecule has 0 aliphatic heterocycles. The van der Waals surface area contributed by atoms with Crippen LogP contribution < -0.4 is 21.3 Å². The van der Waals surface area contributed by atoms with Gasteiger partial charge in [0.05, 0.1) is 0 Å². The zero-order valence-corrected chi connectivity index (χ0v) is 22.3. The summed E-state index contributed by atoms with van der Waals surface area (Å²) in [6.45, 7) is 5.80. The first kappa shape index (κ1) is 29.2. The van der Waals surface area contributed by atoms with Crippen molar-refractivity contribution in [2.75, 3.05) is 13.2 Å². The molecule has 2 aromatic rings. The van der Waals surface area contributed by atoms with Crippen LogP contribution in [0.15, 0.2) is 48.5 Å². The topological polar surface area (TPSA) is 163 Å². The van der Waals surface area contributed by atoms with E-state index in [0.717, 1.165) is 22.3 Å². The van der Waals surface area contributed by atoms with Crippen LogP contribution in [0.1, 0.15) is 44.7 Å². The van der Waals surface area contributed by atoms with Gasteiger partial charge in [-0.25, -0.2) is 4.79 Å². The molecule has 208 valence electrons. The molecular weight excluding hydrogens is 504 g/mol. The molecule has 0 unspecified atom stereocenters. The Bertz CT molecular complexity index is 1200. The fraction of sp³-hybridized carbons (Fsp3) is 0.393. The molecule has 1 aliphatic rings. The van der Waals surface area contributed by atoms with E-state index in [1.165, 1.54) is 13.8 Å². The van der Waals surface area contributed by atoms with Crippen LogP contribution in [0.4, 0.5) is 4.79 Å². The molecular formula is C28H34N4O7. The Kier molecular flexibility index (Phi) is 9.64. The van der Waals surface area contributed by atoms with Gasteiger partial charge in [0.2, 0.25) is 17.7 Å². The number of carbonyl (C=O) groups excluding carboxylic acids is 4. The van der Waals surface area contributed by atoms with Gasteiger partial charge in [-0.15, -0.1) is 0 Å². The molecule has 0 radical (unpaired) electrons. The molecule has 0 fully saturated rings. The van der Waals surface area contributed by atoms with E-state index in [0.29, 0.717) is 0 Å². The minimum atomic E-state index is -1.22. The average Bonchev–Trinajstić information content (AvgIpc) is 3.22. The number of fused-ring (bicyclic) bond motifs is 3. The maximum atomic E-state index is 12.8. The second kappa shape index (κ2) is 12.9. The van der Waals surface area contributed by atoms with Crippen molar-refractivity contribution in [1.82, 2.24) is 21.3 Å². The standard InChI is InChI=1S/C28H34N4O7/c1-15(2)24(27(37)30-16(3)25(35)29-13-23(33)34)32-26(36)17(4)31-28(38)39-14-22-20-11-7-5-9-18(20)19-10-6-8-12-21(19)22/h5-12,15-17,22,24H,13-14H2,1-4H3,(H,29,35)(H,30,37)(H,31,38)(H,32,36)(H,33,34)/t16-,17-,24-/m0/s1. The van der Waals surface area contributed by atoms with E-state index >= 15 is 0 Å². The van der Waals surface area contributed by atoms with Crippen molar-refractivity contribution in [3.05, 3.63) is 59.7 Å². The quantitative estimate of drug-likeness (QED) is 0.291. The third-order valence-corrected chi connectivity index (χ3v) is 6.48. The molecule has 0 spiro atoms. The lowest BCUT2D eigenvalue weighted by Gasteiger charge is -2.25. The van der Waals surface area contributed by atoms with Crippen LogP contribution >= 0.6 is 0 Å². The zero-order valence-electron chi connectivity index (χ0n) is 22.3. The Morgan fingerprint density at radius 2 is 1.31 bits per heavy atom. The van der Waals surface area contributed by atoms with Gasteiger partial charge in [-0.3, -0.25) is 19.2 Å². The molecule has 0 saturated carbocycles. The minimum absolute atomic E-state index is 0.0903. The van der Waals surface area contributed by atoms with E-state index in [1.807, 2.05) is 48.5 Å². The second-order valence-electron chi connectivity index (χ2n) is 9.76. The van der Waals surface area contributed by atoms with Crippen LogP contribution in [0.25, 0.3) is 11.1 Å². The lowest BCUT2D eigenvalue weighted by molar-refractivity contribution is -0.138. The molecule has 2 aromatic carbocycles. The molecule has 5 N–H and O–H groups in total. The Labute approximate surface area is 226 Å². The van der Waals surface area contributed by atoms with Gasteiger partial charge >= 0.3 is 12.1 Å². The first-order valence-electron chi connectivity index (χ1n) is 12.7. The highest BCUT2D eigenvalue weighted by atomic mass is 16.5. The maximum absolute atomic E-state index is 12.8. The third-order valence-electron chi connectivity index (χ3n) is 6.48. The van der Waals surface area contributed by atoms with Crippen molar-refractivity contribution in [2.24, 2.45) is 5.92 Å². The summed E-state index contributed by atoms with van der Waals surface area (Å²) in [4.78, 5) is 60.7. The number of aliphatic carboxylic acids is 1. The summed E-state index contributed by atoms with van der Waals surface area (Å²) >= 11 is 0. The monoisotopic (exact) mass is 538 g/mol. The highest BCUT2D eigenvalue weighted by molar-refractivity contribution is 5.94. The maximum Gasteiger partial charge on any atom is 0.407 e. The molecule has 4 amide bonds. The summed E-state index contributed by atoms with van der Waals surface area (Å²) in [5, 5.41) is 18.4. The minimum Gasteiger partial charge on any atom is -0.480 e. The second-order valence-corrected chi connectivity index (χ2v) is 9.76. The molecule has 3 rings (SSSR count). The molecule has 0 bridgehead atoms. The number of carboxylic acid groups (broad SMARTS) is 1. The van der Waals surface area contributed by atoms with E-state index in [2.05, 4.69) is 21.3 Å². The van der Waals surface area contributed by atoms with Crippen LogP contribution in [0, 0.1) is 5.92 Å². The highest BCUT2D eigenvalue weighted by Gasteiger charge is 2.31. The summed E-state index contributed by atoms with van der Waals surface area (Å²) in [6.07, 6.45) is -0.770. The molecule has 11 heteroatoms. The number of hydrogen-bond donors (Lipinski definition) is 5. The number of nitrogens with one attached hydrogen (secondary N) is 4. The smallest absolute Gasteiger partial charge is 0.407 e. The SMILES string of the molecule is CC(C)[C@H](NC(=O)[C@H](C)NC(=O)OCC1c2ccccc2-c2ccccc21)C(=O)N[C@@H](C)C(=O)NCC(=O)O. The van der Waals surface area contributed by atoms with E-state index in [9.17, 15) is 24.0 Å². The fourth-order valence-corrected chi connectivity index (χ4v) is 4.38. The van der Waals surface area contributed by atoms with Crippen molar-refractivity contribution in [2.45, 2.75) is 51.7 Å². The molecule has 11 nitrogen and oxygen atoms in total. The highest BCUT2D eigenvalue weighted by Crippen LogP contribution is 2.44. The van der Waals surface area contributed by atoms with Crippen molar-refractivity contribution in [3.63, 3.8) is 0 Å². The van der Waals surface area contributed by atoms with Gasteiger partial charge in [0.1, 0.15) is 31.3 Å². The molecule has 0 saturated heterocycles. The molecule has 39 heavy (non-hydrogen) atoms. The van der Waals surface area contributed by atoms with Crippen LogP contribution in [-0.4, -0.2) is 66.2 Å². The van der Waals surface area contributed by atoms with Gasteiger partial charge in [-0.2, -0.15) is 0 Å². The van der Waals surface area contributed by atoms with Gasteiger partial charge in [0.15, 0.2) is 0 Å². The lowest BCUT2D eigenvalue weighted by atomic mass is 9.98. The van der Waals surface area contributed by atoms with E-state index < -0.39 is 54.5 Å². The van der Waals surface area contributed by atoms with E-state index in [-0.39, 0.29) is 18.4 Å². The van der Waals surface area contributed by atoms with Crippen molar-refractivity contribution >= 4 is 29.8 Å². The normalized spacial score (nSPS) is 14.3. The predicted molar refractivity (Wildman–Crippen MR) is 143 cm³/mol. The van der Waals surface area contributed by atoms with E-state index in [4.69, 9.17) is 9.84 Å². The summed E-state index contributed by atoms with van der Waals surface area (Å²) < 4.78 is 5.48. The van der Waals surface area contributed by atoms with Crippen molar-refractivity contribution in [1.29, 1.82) is 0 Å². The van der Waals surface area contributed by atoms with Crippen molar-refractivity contribution < 1.29 is 33.8 Å². The summed E-state index contributed by atoms with van der Waals surface area (Å²) in [5.41, 5.74) is 4.32. The van der Waals surface area contributed by atoms with E-state index in [1.54, 1.807) is 13.8 Å². The van der Waals surface area contributed by atoms with Crippen LogP contribution in [0.5, 0.6) is 0 Å².